The van der Waals surface area contributed by atoms with Crippen LogP contribution in [-0.2, 0) is 4.79 Å². The number of hydrogen-bond acceptors (Lipinski definition) is 3. The van der Waals surface area contributed by atoms with E-state index in [1.54, 1.807) is 0 Å². The van der Waals surface area contributed by atoms with E-state index in [1.165, 1.54) is 12.8 Å². The fourth-order valence-electron chi connectivity index (χ4n) is 2.49. The van der Waals surface area contributed by atoms with E-state index in [4.69, 9.17) is 0 Å². The van der Waals surface area contributed by atoms with Crippen LogP contribution in [-0.4, -0.2) is 61.0 Å². The van der Waals surface area contributed by atoms with E-state index in [1.807, 2.05) is 7.05 Å². The van der Waals surface area contributed by atoms with E-state index in [2.05, 4.69) is 29.1 Å². The Morgan fingerprint density at radius 1 is 1.38 bits per heavy atom. The number of nitrogens with zero attached hydrogens (tertiary/aromatic N) is 2. The second-order valence-corrected chi connectivity index (χ2v) is 5.14. The molecule has 1 amide bonds. The van der Waals surface area contributed by atoms with Crippen LogP contribution in [0.25, 0.3) is 0 Å². The molecule has 2 rings (SSSR count). The molecule has 0 radical (unpaired) electrons. The molecule has 1 N–H and O–H groups in total. The van der Waals surface area contributed by atoms with E-state index in [-0.39, 0.29) is 6.04 Å². The Kier molecular flexibility index (Phi) is 3.50. The molecule has 1 saturated carbocycles. The lowest BCUT2D eigenvalue weighted by molar-refractivity contribution is -0.135. The predicted molar refractivity (Wildman–Crippen MR) is 64.3 cm³/mol. The lowest BCUT2D eigenvalue weighted by atomic mass is 10.2. The summed E-state index contributed by atoms with van der Waals surface area (Å²) in [5.74, 6) is 0.323. The standard InChI is InChI=1S/C12H23N3O/c1-9-6-7-15(10-4-5-10)12(16)11(8-13-2)14(9)3/h9-11,13H,4-8H2,1-3H3. The van der Waals surface area contributed by atoms with Gasteiger partial charge in [0, 0.05) is 25.2 Å². The molecule has 4 heteroatoms. The van der Waals surface area contributed by atoms with Gasteiger partial charge in [0.05, 0.1) is 0 Å². The minimum absolute atomic E-state index is 0.0168. The van der Waals surface area contributed by atoms with Crippen molar-refractivity contribution >= 4 is 5.91 Å². The Morgan fingerprint density at radius 2 is 2.06 bits per heavy atom. The van der Waals surface area contributed by atoms with Crippen LogP contribution in [0.15, 0.2) is 0 Å². The van der Waals surface area contributed by atoms with Crippen molar-refractivity contribution in [3.8, 4) is 0 Å². The topological polar surface area (TPSA) is 35.6 Å². The molecule has 0 spiro atoms. The van der Waals surface area contributed by atoms with Crippen molar-refractivity contribution in [2.24, 2.45) is 0 Å². The Bertz CT molecular complexity index is 265. The van der Waals surface area contributed by atoms with Gasteiger partial charge in [-0.25, -0.2) is 0 Å². The number of carbonyl (C=O) groups excluding carboxylic acids is 1. The van der Waals surface area contributed by atoms with Gasteiger partial charge >= 0.3 is 0 Å². The highest BCUT2D eigenvalue weighted by Crippen LogP contribution is 2.30. The number of likely N-dealkylation sites (N-methyl/N-ethyl adjacent to an activating group) is 2. The molecule has 1 aliphatic heterocycles. The normalized spacial score (nSPS) is 32.9. The van der Waals surface area contributed by atoms with Crippen molar-refractivity contribution < 1.29 is 4.79 Å². The summed E-state index contributed by atoms with van der Waals surface area (Å²) in [7, 11) is 3.99. The van der Waals surface area contributed by atoms with Gasteiger partial charge in [-0.3, -0.25) is 9.69 Å². The molecule has 2 fully saturated rings. The Balaban J connectivity index is 2.12. The lowest BCUT2D eigenvalue weighted by Gasteiger charge is -2.30. The molecule has 0 aromatic rings. The van der Waals surface area contributed by atoms with Crippen LogP contribution in [0.4, 0.5) is 0 Å². The number of amides is 1. The first-order valence-electron chi connectivity index (χ1n) is 6.32. The number of hydrogen-bond donors (Lipinski definition) is 1. The highest BCUT2D eigenvalue weighted by molar-refractivity contribution is 5.83. The predicted octanol–water partition coefficient (Wildman–Crippen LogP) is 0.289. The van der Waals surface area contributed by atoms with Crippen molar-refractivity contribution in [1.29, 1.82) is 0 Å². The lowest BCUT2D eigenvalue weighted by Crippen LogP contribution is -2.51. The van der Waals surface area contributed by atoms with Gasteiger partial charge in [-0.15, -0.1) is 0 Å². The van der Waals surface area contributed by atoms with Crippen LogP contribution in [0.3, 0.4) is 0 Å². The summed E-state index contributed by atoms with van der Waals surface area (Å²) >= 11 is 0. The second-order valence-electron chi connectivity index (χ2n) is 5.14. The third kappa shape index (κ3) is 2.23. The van der Waals surface area contributed by atoms with Gasteiger partial charge in [0.15, 0.2) is 0 Å². The van der Waals surface area contributed by atoms with Gasteiger partial charge in [0.1, 0.15) is 6.04 Å². The minimum atomic E-state index is 0.0168. The average molecular weight is 225 g/mol. The summed E-state index contributed by atoms with van der Waals surface area (Å²) in [6.45, 7) is 3.91. The Labute approximate surface area is 98.0 Å². The largest absolute Gasteiger partial charge is 0.338 e. The zero-order valence-electron chi connectivity index (χ0n) is 10.6. The second kappa shape index (κ2) is 4.72. The number of carbonyl (C=O) groups is 1. The molecule has 0 aromatic carbocycles. The van der Waals surface area contributed by atoms with Crippen LogP contribution >= 0.6 is 0 Å². The van der Waals surface area contributed by atoms with Gasteiger partial charge in [-0.1, -0.05) is 0 Å². The van der Waals surface area contributed by atoms with Gasteiger partial charge in [-0.2, -0.15) is 0 Å². The Hall–Kier alpha value is -0.610. The highest BCUT2D eigenvalue weighted by atomic mass is 16.2. The molecule has 92 valence electrons. The average Bonchev–Trinajstić information content (AvgIpc) is 3.08. The van der Waals surface area contributed by atoms with E-state index >= 15 is 0 Å². The molecule has 16 heavy (non-hydrogen) atoms. The zero-order chi connectivity index (χ0) is 11.7. The minimum Gasteiger partial charge on any atom is -0.338 e. The van der Waals surface area contributed by atoms with Gasteiger partial charge in [-0.05, 0) is 40.3 Å². The molecule has 2 atom stereocenters. The van der Waals surface area contributed by atoms with E-state index < -0.39 is 0 Å². The van der Waals surface area contributed by atoms with E-state index in [9.17, 15) is 4.79 Å². The van der Waals surface area contributed by atoms with Crippen LogP contribution in [0, 0.1) is 0 Å². The quantitative estimate of drug-likeness (QED) is 0.750. The summed E-state index contributed by atoms with van der Waals surface area (Å²) in [4.78, 5) is 16.8. The Morgan fingerprint density at radius 3 is 2.62 bits per heavy atom. The number of nitrogens with one attached hydrogen (secondary N) is 1. The zero-order valence-corrected chi connectivity index (χ0v) is 10.6. The van der Waals surface area contributed by atoms with Crippen molar-refractivity contribution in [3.05, 3.63) is 0 Å². The molecule has 4 nitrogen and oxygen atoms in total. The highest BCUT2D eigenvalue weighted by Gasteiger charge is 2.39. The fourth-order valence-corrected chi connectivity index (χ4v) is 2.49. The monoisotopic (exact) mass is 225 g/mol. The summed E-state index contributed by atoms with van der Waals surface area (Å²) < 4.78 is 0. The molecule has 1 aliphatic carbocycles. The summed E-state index contributed by atoms with van der Waals surface area (Å²) in [6.07, 6.45) is 3.51. The first-order valence-corrected chi connectivity index (χ1v) is 6.32. The molecular weight excluding hydrogens is 202 g/mol. The van der Waals surface area contributed by atoms with Crippen LogP contribution in [0.2, 0.25) is 0 Å². The smallest absolute Gasteiger partial charge is 0.241 e. The van der Waals surface area contributed by atoms with Crippen LogP contribution in [0.5, 0.6) is 0 Å². The maximum Gasteiger partial charge on any atom is 0.241 e. The first-order chi connectivity index (χ1) is 7.65. The van der Waals surface area contributed by atoms with Crippen molar-refractivity contribution in [2.45, 2.75) is 44.3 Å². The van der Waals surface area contributed by atoms with Gasteiger partial charge < -0.3 is 10.2 Å². The SMILES string of the molecule is CNCC1C(=O)N(C2CC2)CCC(C)N1C. The van der Waals surface area contributed by atoms with E-state index in [0.717, 1.165) is 19.5 Å². The molecule has 1 saturated heterocycles. The fraction of sp³-hybridized carbons (Fsp3) is 0.917. The van der Waals surface area contributed by atoms with Crippen molar-refractivity contribution in [2.75, 3.05) is 27.2 Å². The third-order valence-corrected chi connectivity index (χ3v) is 3.93. The maximum absolute atomic E-state index is 12.4. The molecule has 2 unspecified atom stereocenters. The van der Waals surface area contributed by atoms with Crippen molar-refractivity contribution in [3.63, 3.8) is 0 Å². The van der Waals surface area contributed by atoms with Crippen LogP contribution in [0.1, 0.15) is 26.2 Å². The number of rotatable bonds is 3. The summed E-state index contributed by atoms with van der Waals surface area (Å²) in [5.41, 5.74) is 0. The van der Waals surface area contributed by atoms with Gasteiger partial charge in [0.2, 0.25) is 5.91 Å². The molecule has 1 heterocycles. The molecular formula is C12H23N3O. The third-order valence-electron chi connectivity index (χ3n) is 3.93. The van der Waals surface area contributed by atoms with E-state index in [0.29, 0.717) is 18.0 Å². The van der Waals surface area contributed by atoms with Gasteiger partial charge in [0.25, 0.3) is 0 Å². The van der Waals surface area contributed by atoms with Crippen LogP contribution < -0.4 is 5.32 Å². The molecule has 0 aromatic heterocycles. The maximum atomic E-state index is 12.4. The summed E-state index contributed by atoms with van der Waals surface area (Å²) in [5, 5.41) is 3.14. The first kappa shape index (κ1) is 11.9. The summed E-state index contributed by atoms with van der Waals surface area (Å²) in [6, 6.07) is 1.06. The van der Waals surface area contributed by atoms with Crippen molar-refractivity contribution in [1.82, 2.24) is 15.1 Å². The molecule has 2 aliphatic rings. The molecule has 0 bridgehead atoms.